The number of anilines is 1. The van der Waals surface area contributed by atoms with Crippen molar-refractivity contribution in [3.8, 4) is 0 Å². The number of aryl methyl sites for hydroxylation is 3. The first kappa shape index (κ1) is 13.0. The van der Waals surface area contributed by atoms with Crippen LogP contribution in [0.15, 0.2) is 18.2 Å². The number of halogens is 1. The summed E-state index contributed by atoms with van der Waals surface area (Å²) >= 11 is 5.95. The molecule has 0 aliphatic heterocycles. The number of benzene rings is 1. The van der Waals surface area contributed by atoms with Gasteiger partial charge in [-0.25, -0.2) is 0 Å². The topological polar surface area (TPSA) is 29.9 Å². The largest absolute Gasteiger partial charge is 0.381 e. The molecule has 1 heterocycles. The van der Waals surface area contributed by atoms with Gasteiger partial charge in [-0.1, -0.05) is 11.6 Å². The van der Waals surface area contributed by atoms with Crippen molar-refractivity contribution in [2.24, 2.45) is 7.05 Å². The summed E-state index contributed by atoms with van der Waals surface area (Å²) in [6.45, 7) is 6.97. The predicted molar refractivity (Wildman–Crippen MR) is 76.2 cm³/mol. The van der Waals surface area contributed by atoms with Gasteiger partial charge in [0, 0.05) is 35.6 Å². The van der Waals surface area contributed by atoms with Crippen molar-refractivity contribution in [1.82, 2.24) is 9.78 Å². The zero-order valence-corrected chi connectivity index (χ0v) is 12.0. The van der Waals surface area contributed by atoms with Crippen molar-refractivity contribution in [2.75, 3.05) is 5.32 Å². The van der Waals surface area contributed by atoms with Crippen molar-refractivity contribution in [3.05, 3.63) is 45.7 Å². The molecular formula is C14H18ClN3. The van der Waals surface area contributed by atoms with Crippen molar-refractivity contribution in [1.29, 1.82) is 0 Å². The van der Waals surface area contributed by atoms with Gasteiger partial charge in [0.2, 0.25) is 0 Å². The summed E-state index contributed by atoms with van der Waals surface area (Å²) in [7, 11) is 1.97. The lowest BCUT2D eigenvalue weighted by Crippen LogP contribution is -2.03. The van der Waals surface area contributed by atoms with E-state index in [4.69, 9.17) is 11.6 Å². The van der Waals surface area contributed by atoms with E-state index in [2.05, 4.69) is 24.3 Å². The first-order chi connectivity index (χ1) is 8.49. The van der Waals surface area contributed by atoms with E-state index in [1.165, 1.54) is 11.3 Å². The summed E-state index contributed by atoms with van der Waals surface area (Å²) in [4.78, 5) is 0. The average Bonchev–Trinajstić information content (AvgIpc) is 2.53. The quantitative estimate of drug-likeness (QED) is 0.917. The molecule has 0 amide bonds. The first-order valence-electron chi connectivity index (χ1n) is 5.98. The zero-order valence-electron chi connectivity index (χ0n) is 11.2. The van der Waals surface area contributed by atoms with Crippen LogP contribution in [0.25, 0.3) is 0 Å². The Balaban J connectivity index is 2.16. The number of hydrogen-bond acceptors (Lipinski definition) is 2. The number of nitrogens with zero attached hydrogens (tertiary/aromatic N) is 2. The third kappa shape index (κ3) is 2.51. The van der Waals surface area contributed by atoms with Crippen LogP contribution in [0.5, 0.6) is 0 Å². The highest BCUT2D eigenvalue weighted by molar-refractivity contribution is 6.30. The molecule has 1 aromatic heterocycles. The molecule has 3 nitrogen and oxygen atoms in total. The maximum absolute atomic E-state index is 5.95. The van der Waals surface area contributed by atoms with Crippen LogP contribution in [0.4, 0.5) is 5.69 Å². The molecule has 0 fully saturated rings. The Morgan fingerprint density at radius 2 is 2.00 bits per heavy atom. The molecule has 18 heavy (non-hydrogen) atoms. The van der Waals surface area contributed by atoms with Gasteiger partial charge in [0.15, 0.2) is 0 Å². The highest BCUT2D eigenvalue weighted by atomic mass is 35.5. The molecule has 4 heteroatoms. The molecule has 0 atom stereocenters. The summed E-state index contributed by atoms with van der Waals surface area (Å²) in [5, 5.41) is 8.62. The van der Waals surface area contributed by atoms with E-state index in [0.717, 1.165) is 28.5 Å². The monoisotopic (exact) mass is 263 g/mol. The van der Waals surface area contributed by atoms with Crippen LogP contribution >= 0.6 is 11.6 Å². The maximum atomic E-state index is 5.95. The Hall–Kier alpha value is -1.48. The number of aromatic nitrogens is 2. The standard InChI is InChI=1S/C14H18ClN3/c1-9-7-12(15)5-6-14(9)16-8-13-10(2)17-18(4)11(13)3/h5-7,16H,8H2,1-4H3. The second kappa shape index (κ2) is 5.02. The van der Waals surface area contributed by atoms with Gasteiger partial charge >= 0.3 is 0 Å². The van der Waals surface area contributed by atoms with Gasteiger partial charge in [0.05, 0.1) is 5.69 Å². The molecular weight excluding hydrogens is 246 g/mol. The van der Waals surface area contributed by atoms with Crippen LogP contribution in [-0.4, -0.2) is 9.78 Å². The van der Waals surface area contributed by atoms with E-state index >= 15 is 0 Å². The fraction of sp³-hybridized carbons (Fsp3) is 0.357. The Morgan fingerprint density at radius 3 is 2.56 bits per heavy atom. The van der Waals surface area contributed by atoms with Gasteiger partial charge in [-0.2, -0.15) is 5.10 Å². The van der Waals surface area contributed by atoms with Gasteiger partial charge in [-0.15, -0.1) is 0 Å². The fourth-order valence-electron chi connectivity index (χ4n) is 2.08. The van der Waals surface area contributed by atoms with Gasteiger partial charge in [-0.05, 0) is 44.5 Å². The minimum atomic E-state index is 0.770. The van der Waals surface area contributed by atoms with Crippen LogP contribution in [-0.2, 0) is 13.6 Å². The molecule has 0 unspecified atom stereocenters. The van der Waals surface area contributed by atoms with E-state index in [-0.39, 0.29) is 0 Å². The Bertz CT molecular complexity index is 573. The number of nitrogens with one attached hydrogen (secondary N) is 1. The summed E-state index contributed by atoms with van der Waals surface area (Å²) in [6.07, 6.45) is 0. The van der Waals surface area contributed by atoms with Crippen LogP contribution in [0.3, 0.4) is 0 Å². The summed E-state index contributed by atoms with van der Waals surface area (Å²) in [5.74, 6) is 0. The van der Waals surface area contributed by atoms with Crippen molar-refractivity contribution in [2.45, 2.75) is 27.3 Å². The van der Waals surface area contributed by atoms with Crippen molar-refractivity contribution < 1.29 is 0 Å². The smallest absolute Gasteiger partial charge is 0.0646 e. The third-order valence-corrected chi connectivity index (χ3v) is 3.54. The second-order valence-corrected chi connectivity index (χ2v) is 5.02. The van der Waals surface area contributed by atoms with Gasteiger partial charge in [0.25, 0.3) is 0 Å². The fourth-order valence-corrected chi connectivity index (χ4v) is 2.31. The lowest BCUT2D eigenvalue weighted by Gasteiger charge is -2.10. The molecule has 0 bridgehead atoms. The van der Waals surface area contributed by atoms with E-state index in [1.807, 2.05) is 36.9 Å². The molecule has 0 aliphatic rings. The van der Waals surface area contributed by atoms with Gasteiger partial charge < -0.3 is 5.32 Å². The second-order valence-electron chi connectivity index (χ2n) is 4.59. The first-order valence-corrected chi connectivity index (χ1v) is 6.36. The summed E-state index contributed by atoms with van der Waals surface area (Å²) < 4.78 is 1.92. The molecule has 1 aromatic carbocycles. The Labute approximate surface area is 113 Å². The SMILES string of the molecule is Cc1cc(Cl)ccc1NCc1c(C)nn(C)c1C. The highest BCUT2D eigenvalue weighted by Gasteiger charge is 2.09. The molecule has 0 radical (unpaired) electrons. The Morgan fingerprint density at radius 1 is 1.28 bits per heavy atom. The lowest BCUT2D eigenvalue weighted by atomic mass is 10.1. The van der Waals surface area contributed by atoms with E-state index in [1.54, 1.807) is 0 Å². The Kier molecular flexibility index (Phi) is 3.62. The van der Waals surface area contributed by atoms with E-state index in [0.29, 0.717) is 0 Å². The normalized spacial score (nSPS) is 10.7. The average molecular weight is 264 g/mol. The minimum absolute atomic E-state index is 0.770. The minimum Gasteiger partial charge on any atom is -0.381 e. The molecule has 0 saturated carbocycles. The molecule has 0 aliphatic carbocycles. The molecule has 0 spiro atoms. The van der Waals surface area contributed by atoms with E-state index in [9.17, 15) is 0 Å². The lowest BCUT2D eigenvalue weighted by molar-refractivity contribution is 0.730. The highest BCUT2D eigenvalue weighted by Crippen LogP contribution is 2.21. The summed E-state index contributed by atoms with van der Waals surface area (Å²) in [6, 6.07) is 5.88. The van der Waals surface area contributed by atoms with Gasteiger partial charge in [-0.3, -0.25) is 4.68 Å². The summed E-state index contributed by atoms with van der Waals surface area (Å²) in [5.41, 5.74) is 5.80. The number of rotatable bonds is 3. The molecule has 96 valence electrons. The molecule has 2 aromatic rings. The molecule has 0 saturated heterocycles. The molecule has 2 rings (SSSR count). The maximum Gasteiger partial charge on any atom is 0.0646 e. The number of hydrogen-bond donors (Lipinski definition) is 1. The van der Waals surface area contributed by atoms with Crippen LogP contribution in [0.2, 0.25) is 5.02 Å². The van der Waals surface area contributed by atoms with Gasteiger partial charge in [0.1, 0.15) is 0 Å². The van der Waals surface area contributed by atoms with E-state index < -0.39 is 0 Å². The molecule has 1 N–H and O–H groups in total. The predicted octanol–water partition coefficient (Wildman–Crippen LogP) is 3.61. The third-order valence-electron chi connectivity index (χ3n) is 3.30. The van der Waals surface area contributed by atoms with Crippen molar-refractivity contribution in [3.63, 3.8) is 0 Å². The zero-order chi connectivity index (χ0) is 13.3. The van der Waals surface area contributed by atoms with Crippen molar-refractivity contribution >= 4 is 17.3 Å². The van der Waals surface area contributed by atoms with Crippen LogP contribution in [0.1, 0.15) is 22.5 Å². The van der Waals surface area contributed by atoms with Crippen LogP contribution in [0, 0.1) is 20.8 Å². The van der Waals surface area contributed by atoms with Crippen LogP contribution < -0.4 is 5.32 Å².